The van der Waals surface area contributed by atoms with Gasteiger partial charge in [0.05, 0.1) is 0 Å². The number of carboxylic acid groups (broad SMARTS) is 1. The number of aryl methyl sites for hydroxylation is 1. The number of hydrogen-bond acceptors (Lipinski definition) is 5. The second-order valence-corrected chi connectivity index (χ2v) is 7.87. The van der Waals surface area contributed by atoms with Crippen LogP contribution in [0.3, 0.4) is 0 Å². The van der Waals surface area contributed by atoms with Crippen molar-refractivity contribution in [3.63, 3.8) is 0 Å². The van der Waals surface area contributed by atoms with Gasteiger partial charge in [-0.1, -0.05) is 30.3 Å². The predicted octanol–water partition coefficient (Wildman–Crippen LogP) is 3.30. The highest BCUT2D eigenvalue weighted by Crippen LogP contribution is 2.37. The number of ether oxygens (including phenoxy) is 2. The molecule has 8 nitrogen and oxygen atoms in total. The molecule has 1 aromatic heterocycles. The fourth-order valence-electron chi connectivity index (χ4n) is 3.59. The summed E-state index contributed by atoms with van der Waals surface area (Å²) in [4.78, 5) is 29.8. The summed E-state index contributed by atoms with van der Waals surface area (Å²) in [5, 5.41) is 9.12. The molecule has 1 atom stereocenters. The Bertz CT molecular complexity index is 857. The summed E-state index contributed by atoms with van der Waals surface area (Å²) in [5.41, 5.74) is 0.0424. The van der Waals surface area contributed by atoms with Crippen molar-refractivity contribution < 1.29 is 24.2 Å². The zero-order valence-electron chi connectivity index (χ0n) is 16.2. The number of aliphatic carboxylic acids is 1. The number of hydrogen-bond donors (Lipinski definition) is 1. The molecule has 29 heavy (non-hydrogen) atoms. The maximum Gasteiger partial charge on any atom is 0.410 e. The highest BCUT2D eigenvalue weighted by atomic mass is 79.9. The van der Waals surface area contributed by atoms with Crippen molar-refractivity contribution in [1.82, 2.24) is 14.5 Å². The van der Waals surface area contributed by atoms with Crippen LogP contribution in [0, 0.1) is 0 Å². The van der Waals surface area contributed by atoms with E-state index in [0.717, 1.165) is 5.56 Å². The molecule has 3 rings (SSSR count). The molecule has 9 heteroatoms. The summed E-state index contributed by atoms with van der Waals surface area (Å²) in [7, 11) is 1.84. The van der Waals surface area contributed by atoms with Crippen molar-refractivity contribution in [2.45, 2.75) is 31.5 Å². The monoisotopic (exact) mass is 465 g/mol. The van der Waals surface area contributed by atoms with Gasteiger partial charge in [0.25, 0.3) is 0 Å². The van der Waals surface area contributed by atoms with Gasteiger partial charge in [-0.05, 0) is 34.3 Å². The number of imidazole rings is 1. The molecule has 0 aliphatic carbocycles. The fraction of sp³-hybridized carbons (Fsp3) is 0.450. The lowest BCUT2D eigenvalue weighted by molar-refractivity contribution is -0.152. The van der Waals surface area contributed by atoms with E-state index in [1.165, 1.54) is 0 Å². The second kappa shape index (κ2) is 9.41. The van der Waals surface area contributed by atoms with Gasteiger partial charge in [-0.25, -0.2) is 14.6 Å². The highest BCUT2D eigenvalue weighted by molar-refractivity contribution is 9.10. The first-order valence-electron chi connectivity index (χ1n) is 9.40. The number of carboxylic acids is 1. The lowest BCUT2D eigenvalue weighted by Gasteiger charge is -2.31. The average Bonchev–Trinajstić information content (AvgIpc) is 2.91. The molecule has 1 amide bonds. The number of carbonyl (C=O) groups excluding carboxylic acids is 1. The number of nitrogens with zero attached hydrogens (tertiary/aromatic N) is 3. The third kappa shape index (κ3) is 5.36. The van der Waals surface area contributed by atoms with E-state index in [4.69, 9.17) is 14.6 Å². The molecular weight excluding hydrogens is 442 g/mol. The Balaban J connectivity index is 1.70. The van der Waals surface area contributed by atoms with Crippen molar-refractivity contribution in [3.8, 4) is 0 Å². The van der Waals surface area contributed by atoms with Gasteiger partial charge in [0.15, 0.2) is 0 Å². The van der Waals surface area contributed by atoms with Gasteiger partial charge >= 0.3 is 12.1 Å². The summed E-state index contributed by atoms with van der Waals surface area (Å²) >= 11 is 3.36. The zero-order chi connectivity index (χ0) is 20.9. The first-order valence-corrected chi connectivity index (χ1v) is 10.2. The van der Waals surface area contributed by atoms with Crippen LogP contribution in [-0.4, -0.2) is 51.3 Å². The third-order valence-electron chi connectivity index (χ3n) is 4.98. The molecule has 1 aliphatic rings. The van der Waals surface area contributed by atoms with E-state index < -0.39 is 18.2 Å². The minimum absolute atomic E-state index is 0.211. The fourth-order valence-corrected chi connectivity index (χ4v) is 4.06. The summed E-state index contributed by atoms with van der Waals surface area (Å²) in [6, 6.07) is 9.51. The largest absolute Gasteiger partial charge is 0.480 e. The Hall–Kier alpha value is -2.39. The molecule has 0 bridgehead atoms. The van der Waals surface area contributed by atoms with Crippen molar-refractivity contribution >= 4 is 28.0 Å². The van der Waals surface area contributed by atoms with E-state index in [1.807, 2.05) is 41.9 Å². The molecule has 1 fully saturated rings. The highest BCUT2D eigenvalue weighted by Gasteiger charge is 2.40. The topological polar surface area (TPSA) is 93.9 Å². The van der Waals surface area contributed by atoms with Crippen LogP contribution in [0.25, 0.3) is 0 Å². The van der Waals surface area contributed by atoms with Crippen LogP contribution in [0.5, 0.6) is 0 Å². The van der Waals surface area contributed by atoms with Gasteiger partial charge in [0.2, 0.25) is 0 Å². The van der Waals surface area contributed by atoms with Crippen LogP contribution < -0.4 is 0 Å². The smallest absolute Gasteiger partial charge is 0.410 e. The molecule has 1 unspecified atom stereocenters. The second-order valence-electron chi connectivity index (χ2n) is 7.06. The molecule has 0 spiro atoms. The van der Waals surface area contributed by atoms with Crippen molar-refractivity contribution in [3.05, 3.63) is 52.5 Å². The van der Waals surface area contributed by atoms with E-state index >= 15 is 0 Å². The molecule has 1 aliphatic heterocycles. The van der Waals surface area contributed by atoms with Crippen LogP contribution in [0.4, 0.5) is 4.79 Å². The summed E-state index contributed by atoms with van der Waals surface area (Å²) < 4.78 is 13.8. The molecule has 1 saturated heterocycles. The number of halogens is 1. The van der Waals surface area contributed by atoms with Crippen LogP contribution >= 0.6 is 15.9 Å². The van der Waals surface area contributed by atoms with Crippen molar-refractivity contribution in [1.29, 1.82) is 0 Å². The van der Waals surface area contributed by atoms with Crippen LogP contribution in [0.1, 0.15) is 30.7 Å². The standard InChI is InChI=1S/C20H24BrN3O5/c1-23-12-16(21)22-18(23)20(29-14-17(25)26)8-5-10-24(11-9-20)19(27)28-13-15-6-3-2-4-7-15/h2-4,6-7,12H,5,8-11,13-14H2,1H3,(H,25,26). The van der Waals surface area contributed by atoms with Gasteiger partial charge in [-0.15, -0.1) is 0 Å². The molecule has 1 aromatic carbocycles. The first-order chi connectivity index (χ1) is 13.9. The number of rotatable bonds is 6. The number of amides is 1. The Kier molecular flexibility index (Phi) is 6.92. The van der Waals surface area contributed by atoms with Crippen molar-refractivity contribution in [2.24, 2.45) is 7.05 Å². The summed E-state index contributed by atoms with van der Waals surface area (Å²) in [6.45, 7) is 0.682. The zero-order valence-corrected chi connectivity index (χ0v) is 17.8. The summed E-state index contributed by atoms with van der Waals surface area (Å²) in [6.07, 6.45) is 3.05. The average molecular weight is 466 g/mol. The van der Waals surface area contributed by atoms with E-state index in [0.29, 0.717) is 42.8 Å². The number of carbonyl (C=O) groups is 2. The SMILES string of the molecule is Cn1cc(Br)nc1C1(OCC(=O)O)CCCN(C(=O)OCc2ccccc2)CC1. The molecule has 2 heterocycles. The van der Waals surface area contributed by atoms with E-state index in [9.17, 15) is 9.59 Å². The molecule has 0 radical (unpaired) electrons. The Morgan fingerprint density at radius 2 is 2.00 bits per heavy atom. The van der Waals surface area contributed by atoms with Gasteiger partial charge in [0, 0.05) is 32.8 Å². The minimum Gasteiger partial charge on any atom is -0.480 e. The molecule has 1 N–H and O–H groups in total. The molecule has 156 valence electrons. The Morgan fingerprint density at radius 3 is 2.66 bits per heavy atom. The van der Waals surface area contributed by atoms with Gasteiger partial charge in [-0.2, -0.15) is 0 Å². The van der Waals surface area contributed by atoms with E-state index in [1.54, 1.807) is 11.1 Å². The van der Waals surface area contributed by atoms with Crippen LogP contribution in [0.2, 0.25) is 0 Å². The molecule has 2 aromatic rings. The lowest BCUT2D eigenvalue weighted by atomic mass is 9.93. The van der Waals surface area contributed by atoms with E-state index in [-0.39, 0.29) is 12.7 Å². The van der Waals surface area contributed by atoms with Crippen molar-refractivity contribution in [2.75, 3.05) is 19.7 Å². The Labute approximate surface area is 177 Å². The minimum atomic E-state index is -1.04. The molecule has 0 saturated carbocycles. The van der Waals surface area contributed by atoms with Crippen LogP contribution in [0.15, 0.2) is 41.1 Å². The van der Waals surface area contributed by atoms with Crippen LogP contribution in [-0.2, 0) is 33.5 Å². The third-order valence-corrected chi connectivity index (χ3v) is 5.37. The molecular formula is C20H24BrN3O5. The maximum atomic E-state index is 12.5. The van der Waals surface area contributed by atoms with Gasteiger partial charge < -0.3 is 24.0 Å². The predicted molar refractivity (Wildman–Crippen MR) is 108 cm³/mol. The van der Waals surface area contributed by atoms with E-state index in [2.05, 4.69) is 20.9 Å². The van der Waals surface area contributed by atoms with Gasteiger partial charge in [-0.3, -0.25) is 0 Å². The number of aromatic nitrogens is 2. The first kappa shape index (κ1) is 21.3. The Morgan fingerprint density at radius 1 is 1.24 bits per heavy atom. The number of likely N-dealkylation sites (tertiary alicyclic amines) is 1. The van der Waals surface area contributed by atoms with Gasteiger partial charge in [0.1, 0.15) is 29.2 Å². The summed E-state index contributed by atoms with van der Waals surface area (Å²) in [5.74, 6) is -0.397. The quantitative estimate of drug-likeness (QED) is 0.702. The number of benzene rings is 1. The maximum absolute atomic E-state index is 12.5. The lowest BCUT2D eigenvalue weighted by Crippen LogP contribution is -2.37. The normalized spacial score (nSPS) is 19.6.